The molecule has 1 N–H and O–H groups in total. The van der Waals surface area contributed by atoms with Crippen molar-refractivity contribution in [3.05, 3.63) is 71.4 Å². The zero-order valence-corrected chi connectivity index (χ0v) is 12.6. The molecule has 0 fully saturated rings. The maximum Gasteiger partial charge on any atom is 0.123 e. The summed E-state index contributed by atoms with van der Waals surface area (Å²) in [5.41, 5.74) is 6.23. The van der Waals surface area contributed by atoms with E-state index in [1.54, 1.807) is 24.3 Å². The van der Waals surface area contributed by atoms with E-state index >= 15 is 0 Å². The van der Waals surface area contributed by atoms with Crippen LogP contribution in [-0.2, 0) is 6.42 Å². The molecule has 0 unspecified atom stereocenters. The third kappa shape index (κ3) is 2.54. The van der Waals surface area contributed by atoms with Crippen molar-refractivity contribution in [1.82, 2.24) is 4.98 Å². The van der Waals surface area contributed by atoms with Crippen LogP contribution < -0.4 is 0 Å². The van der Waals surface area contributed by atoms with Crippen LogP contribution in [0.5, 0.6) is 0 Å². The zero-order chi connectivity index (χ0) is 15.7. The van der Waals surface area contributed by atoms with Crippen molar-refractivity contribution in [3.63, 3.8) is 0 Å². The van der Waals surface area contributed by atoms with Crippen molar-refractivity contribution in [2.75, 3.05) is 0 Å². The monoisotopic (exact) mass is 297 g/mol. The molecule has 1 aromatic heterocycles. The van der Waals surface area contributed by atoms with Gasteiger partial charge in [0.2, 0.25) is 0 Å². The molecule has 2 aromatic carbocycles. The van der Waals surface area contributed by atoms with E-state index in [1.165, 1.54) is 24.3 Å². The molecule has 3 rings (SSSR count). The predicted molar refractivity (Wildman–Crippen MR) is 85.7 cm³/mol. The summed E-state index contributed by atoms with van der Waals surface area (Å²) in [5.74, 6) is -0.488. The molecule has 0 spiro atoms. The maximum atomic E-state index is 13.2. The smallest absolute Gasteiger partial charge is 0.123 e. The van der Waals surface area contributed by atoms with Gasteiger partial charge in [0.1, 0.15) is 11.6 Å². The van der Waals surface area contributed by atoms with Gasteiger partial charge in [0, 0.05) is 17.0 Å². The lowest BCUT2D eigenvalue weighted by Gasteiger charge is -2.06. The Balaban J connectivity index is 2.16. The van der Waals surface area contributed by atoms with E-state index in [1.807, 2.05) is 6.92 Å². The highest BCUT2D eigenvalue weighted by molar-refractivity contribution is 5.79. The SMILES string of the molecule is CCc1c(-c2ccc(F)cc2)[nH]c(C)c1-c1ccc(F)cc1. The number of hydrogen-bond donors (Lipinski definition) is 1. The lowest BCUT2D eigenvalue weighted by molar-refractivity contribution is 0.627. The fraction of sp³-hybridized carbons (Fsp3) is 0.158. The summed E-state index contributed by atoms with van der Waals surface area (Å²) >= 11 is 0. The largest absolute Gasteiger partial charge is 0.358 e. The molecule has 0 aliphatic rings. The summed E-state index contributed by atoms with van der Waals surface area (Å²) in [6, 6.07) is 13.0. The number of rotatable bonds is 3. The first kappa shape index (κ1) is 14.5. The molecule has 3 aromatic rings. The number of hydrogen-bond acceptors (Lipinski definition) is 0. The van der Waals surface area contributed by atoms with Crippen LogP contribution in [-0.4, -0.2) is 4.98 Å². The van der Waals surface area contributed by atoms with Gasteiger partial charge in [-0.1, -0.05) is 19.1 Å². The molecule has 0 saturated carbocycles. The standard InChI is InChI=1S/C19H17F2N/c1-3-17-18(13-4-8-15(20)9-5-13)12(2)22-19(17)14-6-10-16(21)11-7-14/h4-11,22H,3H2,1-2H3. The number of aromatic nitrogens is 1. The summed E-state index contributed by atoms with van der Waals surface area (Å²) in [7, 11) is 0. The van der Waals surface area contributed by atoms with Gasteiger partial charge in [0.25, 0.3) is 0 Å². The van der Waals surface area contributed by atoms with E-state index < -0.39 is 0 Å². The van der Waals surface area contributed by atoms with Crippen LogP contribution in [0.15, 0.2) is 48.5 Å². The Bertz CT molecular complexity index is 784. The highest BCUT2D eigenvalue weighted by Crippen LogP contribution is 2.35. The second-order valence-corrected chi connectivity index (χ2v) is 5.35. The average molecular weight is 297 g/mol. The second-order valence-electron chi connectivity index (χ2n) is 5.35. The lowest BCUT2D eigenvalue weighted by Crippen LogP contribution is -1.88. The van der Waals surface area contributed by atoms with Crippen molar-refractivity contribution in [2.45, 2.75) is 20.3 Å². The molecule has 1 heterocycles. The van der Waals surface area contributed by atoms with Gasteiger partial charge in [-0.25, -0.2) is 8.78 Å². The van der Waals surface area contributed by atoms with Crippen LogP contribution in [0.3, 0.4) is 0 Å². The van der Waals surface area contributed by atoms with Gasteiger partial charge in [-0.15, -0.1) is 0 Å². The third-order valence-corrected chi connectivity index (χ3v) is 3.91. The van der Waals surface area contributed by atoms with Gasteiger partial charge in [0.05, 0.1) is 0 Å². The van der Waals surface area contributed by atoms with Gasteiger partial charge in [-0.3, -0.25) is 0 Å². The molecule has 0 bridgehead atoms. The molecule has 0 amide bonds. The van der Waals surface area contributed by atoms with Crippen molar-refractivity contribution >= 4 is 0 Å². The number of benzene rings is 2. The van der Waals surface area contributed by atoms with Gasteiger partial charge < -0.3 is 4.98 Å². The Kier molecular flexibility index (Phi) is 3.80. The maximum absolute atomic E-state index is 13.2. The van der Waals surface area contributed by atoms with Crippen molar-refractivity contribution in [1.29, 1.82) is 0 Å². The summed E-state index contributed by atoms with van der Waals surface area (Å²) in [4.78, 5) is 3.40. The number of H-pyrrole nitrogens is 1. The van der Waals surface area contributed by atoms with E-state index in [-0.39, 0.29) is 11.6 Å². The Morgan fingerprint density at radius 2 is 1.32 bits per heavy atom. The van der Waals surface area contributed by atoms with Crippen LogP contribution in [0.2, 0.25) is 0 Å². The molecular formula is C19H17F2N. The van der Waals surface area contributed by atoms with Gasteiger partial charge in [0.15, 0.2) is 0 Å². The second kappa shape index (κ2) is 5.76. The molecule has 0 aliphatic heterocycles. The van der Waals surface area contributed by atoms with Crippen LogP contribution in [0, 0.1) is 18.6 Å². The fourth-order valence-electron chi connectivity index (χ4n) is 2.90. The molecule has 1 nitrogen and oxygen atoms in total. The predicted octanol–water partition coefficient (Wildman–Crippen LogP) is 5.50. The summed E-state index contributed by atoms with van der Waals surface area (Å²) in [6.07, 6.45) is 0.837. The number of aryl methyl sites for hydroxylation is 1. The topological polar surface area (TPSA) is 15.8 Å². The molecule has 0 aliphatic carbocycles. The van der Waals surface area contributed by atoms with E-state index in [0.717, 1.165) is 40.1 Å². The van der Waals surface area contributed by atoms with Crippen molar-refractivity contribution < 1.29 is 8.78 Å². The van der Waals surface area contributed by atoms with Gasteiger partial charge in [-0.2, -0.15) is 0 Å². The molecule has 0 atom stereocenters. The van der Waals surface area contributed by atoms with E-state index in [2.05, 4.69) is 11.9 Å². The molecule has 112 valence electrons. The van der Waals surface area contributed by atoms with E-state index in [4.69, 9.17) is 0 Å². The molecular weight excluding hydrogens is 280 g/mol. The summed E-state index contributed by atoms with van der Waals surface area (Å²) in [6.45, 7) is 4.09. The minimum Gasteiger partial charge on any atom is -0.358 e. The first-order chi connectivity index (χ1) is 10.6. The quantitative estimate of drug-likeness (QED) is 0.657. The van der Waals surface area contributed by atoms with Crippen LogP contribution in [0.25, 0.3) is 22.4 Å². The normalized spacial score (nSPS) is 10.9. The first-order valence-electron chi connectivity index (χ1n) is 7.33. The Labute approximate surface area is 128 Å². The average Bonchev–Trinajstić information content (AvgIpc) is 2.85. The van der Waals surface area contributed by atoms with Crippen LogP contribution in [0.1, 0.15) is 18.2 Å². The Hall–Kier alpha value is -2.42. The fourth-order valence-corrected chi connectivity index (χ4v) is 2.90. The molecule has 3 heteroatoms. The van der Waals surface area contributed by atoms with Gasteiger partial charge in [-0.05, 0) is 66.4 Å². The molecule has 0 saturated heterocycles. The first-order valence-corrected chi connectivity index (χ1v) is 7.33. The van der Waals surface area contributed by atoms with Crippen molar-refractivity contribution in [3.8, 4) is 22.4 Å². The third-order valence-electron chi connectivity index (χ3n) is 3.91. The Morgan fingerprint density at radius 1 is 0.818 bits per heavy atom. The van der Waals surface area contributed by atoms with Crippen molar-refractivity contribution in [2.24, 2.45) is 0 Å². The van der Waals surface area contributed by atoms with Gasteiger partial charge >= 0.3 is 0 Å². The van der Waals surface area contributed by atoms with E-state index in [9.17, 15) is 8.78 Å². The minimum atomic E-state index is -0.246. The minimum absolute atomic E-state index is 0.242. The summed E-state index contributed by atoms with van der Waals surface area (Å²) in [5, 5.41) is 0. The zero-order valence-electron chi connectivity index (χ0n) is 12.6. The molecule has 0 radical (unpaired) electrons. The number of halogens is 2. The summed E-state index contributed by atoms with van der Waals surface area (Å²) < 4.78 is 26.3. The molecule has 22 heavy (non-hydrogen) atoms. The van der Waals surface area contributed by atoms with Crippen LogP contribution >= 0.6 is 0 Å². The Morgan fingerprint density at radius 3 is 1.82 bits per heavy atom. The highest BCUT2D eigenvalue weighted by Gasteiger charge is 2.16. The lowest BCUT2D eigenvalue weighted by atomic mass is 9.96. The van der Waals surface area contributed by atoms with E-state index in [0.29, 0.717) is 0 Å². The van der Waals surface area contributed by atoms with Crippen LogP contribution in [0.4, 0.5) is 8.78 Å². The number of nitrogens with one attached hydrogen (secondary N) is 1. The highest BCUT2D eigenvalue weighted by atomic mass is 19.1. The number of aromatic amines is 1.